The number of esters is 2. The maximum absolute atomic E-state index is 15.1. The molecule has 0 aromatic heterocycles. The molecule has 0 radical (unpaired) electrons. The first-order valence-corrected chi connectivity index (χ1v) is 21.6. The van der Waals surface area contributed by atoms with E-state index in [2.05, 4.69) is 30.4 Å². The van der Waals surface area contributed by atoms with E-state index in [-0.39, 0.29) is 41.0 Å². The van der Waals surface area contributed by atoms with Crippen LogP contribution in [0, 0.1) is 17.3 Å². The number of ether oxygens (including phenoxy) is 4. The molecule has 0 heterocycles. The smallest absolute Gasteiger partial charge is 0.316 e. The van der Waals surface area contributed by atoms with Crippen LogP contribution in [0.4, 0.5) is 0 Å². The van der Waals surface area contributed by atoms with E-state index in [9.17, 15) is 20.1 Å². The summed E-state index contributed by atoms with van der Waals surface area (Å²) < 4.78 is 24.7. The van der Waals surface area contributed by atoms with Crippen molar-refractivity contribution in [2.75, 3.05) is 14.2 Å². The van der Waals surface area contributed by atoms with Crippen LogP contribution in [0.5, 0.6) is 28.7 Å². The lowest BCUT2D eigenvalue weighted by molar-refractivity contribution is -0.168. The Hall–Kier alpha value is -5.96. The summed E-state index contributed by atoms with van der Waals surface area (Å²) in [5, 5.41) is 34.1. The minimum Gasteiger partial charge on any atom is -0.508 e. The van der Waals surface area contributed by atoms with Gasteiger partial charge in [-0.05, 0) is 137 Å². The maximum Gasteiger partial charge on any atom is 0.316 e. The summed E-state index contributed by atoms with van der Waals surface area (Å²) in [4.78, 5) is 28.4. The monoisotopic (exact) mass is 822 g/mol. The Kier molecular flexibility index (Phi) is 10.7. The molecule has 0 saturated heterocycles. The normalized spacial score (nSPS) is 25.3. The Labute approximate surface area is 356 Å². The van der Waals surface area contributed by atoms with Gasteiger partial charge in [0.1, 0.15) is 18.0 Å². The van der Waals surface area contributed by atoms with Crippen molar-refractivity contribution in [3.63, 3.8) is 0 Å². The minimum atomic E-state index is -0.852. The number of benzene rings is 5. The average molecular weight is 823 g/mol. The third-order valence-corrected chi connectivity index (χ3v) is 14.5. The predicted molar refractivity (Wildman–Crippen MR) is 233 cm³/mol. The fourth-order valence-corrected chi connectivity index (χ4v) is 11.7. The van der Waals surface area contributed by atoms with Gasteiger partial charge in [0.25, 0.3) is 0 Å². The standard InChI is InChI=1S/C52H54O9/c1-31(53)60-47-28-40(61-50(57)51(18-7-8-19-51)38-14-11-34-22-39(54)15-12-33(34)21-38)27-42-41-29-49(59-3)45(55)24-35(41)13-16-43(42)52(20-17-32-9-5-4-6-10-32)30-37-25-46(56)48(58-2)26-36(37)23-44(47)52/h4-6,9-12,14-15,17,20-22,24-26,29,40,42-44,47,54-56H,7-8,13,16,18-19,23,27-28,30H2,1-3H3/t40-,42+,43-,44+,47-,52-/m0/s1. The van der Waals surface area contributed by atoms with Crippen molar-refractivity contribution in [2.45, 2.75) is 94.7 Å². The SMILES string of the molecule is COc1cc2c(cc1O)C[C@]1(C=Cc3ccccc3)[C@H](C2)[C@@H](OC(C)=O)C[C@@H](OC(=O)C2(c3ccc4cc(O)ccc4c3)CCCC2)C[C@@H]2c3cc(OC)c(O)cc3CC[C@@H]21. The zero-order valence-corrected chi connectivity index (χ0v) is 35.1. The maximum atomic E-state index is 15.1. The number of aromatic hydroxyl groups is 3. The van der Waals surface area contributed by atoms with Gasteiger partial charge in [-0.15, -0.1) is 0 Å². The summed E-state index contributed by atoms with van der Waals surface area (Å²) in [6.45, 7) is 1.45. The third kappa shape index (κ3) is 7.36. The van der Waals surface area contributed by atoms with E-state index in [1.165, 1.54) is 6.92 Å². The summed E-state index contributed by atoms with van der Waals surface area (Å²) in [5.74, 6) is 0.0431. The van der Waals surface area contributed by atoms with Gasteiger partial charge in [-0.1, -0.05) is 79.6 Å². The number of aryl methyl sites for hydroxylation is 1. The van der Waals surface area contributed by atoms with Crippen LogP contribution in [0.25, 0.3) is 16.8 Å². The van der Waals surface area contributed by atoms with Crippen LogP contribution in [0.2, 0.25) is 0 Å². The molecule has 9 rings (SSSR count). The molecule has 5 aromatic rings. The fraction of sp³-hybridized carbons (Fsp3) is 0.385. The lowest BCUT2D eigenvalue weighted by atomic mass is 9.49. The van der Waals surface area contributed by atoms with Crippen molar-refractivity contribution in [1.82, 2.24) is 0 Å². The third-order valence-electron chi connectivity index (χ3n) is 14.5. The zero-order valence-electron chi connectivity index (χ0n) is 35.1. The van der Waals surface area contributed by atoms with Gasteiger partial charge < -0.3 is 34.3 Å². The van der Waals surface area contributed by atoms with E-state index in [4.69, 9.17) is 18.9 Å². The molecule has 9 nitrogen and oxygen atoms in total. The van der Waals surface area contributed by atoms with Gasteiger partial charge in [-0.2, -0.15) is 0 Å². The molecule has 0 spiro atoms. The summed E-state index contributed by atoms with van der Waals surface area (Å²) >= 11 is 0. The predicted octanol–water partition coefficient (Wildman–Crippen LogP) is 9.88. The molecule has 0 aliphatic heterocycles. The van der Waals surface area contributed by atoms with E-state index < -0.39 is 29.0 Å². The number of fused-ring (bicyclic) bond motifs is 7. The van der Waals surface area contributed by atoms with Gasteiger partial charge in [-0.3, -0.25) is 9.59 Å². The van der Waals surface area contributed by atoms with Crippen LogP contribution in [0.3, 0.4) is 0 Å². The number of rotatable bonds is 8. The van der Waals surface area contributed by atoms with Crippen molar-refractivity contribution in [1.29, 1.82) is 0 Å². The largest absolute Gasteiger partial charge is 0.508 e. The first kappa shape index (κ1) is 40.4. The molecule has 6 atom stereocenters. The Balaban J connectivity index is 1.20. The molecule has 3 N–H and O–H groups in total. The van der Waals surface area contributed by atoms with Crippen LogP contribution >= 0.6 is 0 Å². The average Bonchev–Trinajstić information content (AvgIpc) is 3.76. The van der Waals surface area contributed by atoms with E-state index in [1.54, 1.807) is 26.4 Å². The van der Waals surface area contributed by atoms with Crippen LogP contribution in [0.15, 0.2) is 97.1 Å². The number of methoxy groups -OCH3 is 2. The number of carbonyl (C=O) groups excluding carboxylic acids is 2. The van der Waals surface area contributed by atoms with Crippen molar-refractivity contribution < 1.29 is 43.9 Å². The van der Waals surface area contributed by atoms with Gasteiger partial charge >= 0.3 is 11.9 Å². The molecule has 2 fully saturated rings. The molecule has 2 saturated carbocycles. The van der Waals surface area contributed by atoms with Crippen LogP contribution in [-0.4, -0.2) is 53.7 Å². The number of carbonyl (C=O) groups is 2. The Bertz CT molecular complexity index is 2500. The van der Waals surface area contributed by atoms with Crippen LogP contribution in [-0.2, 0) is 43.7 Å². The molecule has 9 heteroatoms. The first-order chi connectivity index (χ1) is 29.5. The second-order valence-electron chi connectivity index (χ2n) is 17.8. The Morgan fingerprint density at radius 2 is 1.44 bits per heavy atom. The highest BCUT2D eigenvalue weighted by atomic mass is 16.6. The first-order valence-electron chi connectivity index (χ1n) is 21.6. The van der Waals surface area contributed by atoms with E-state index in [1.807, 2.05) is 60.7 Å². The number of hydrogen-bond donors (Lipinski definition) is 3. The molecule has 5 aromatic carbocycles. The fourth-order valence-electron chi connectivity index (χ4n) is 11.7. The highest BCUT2D eigenvalue weighted by Crippen LogP contribution is 2.60. The van der Waals surface area contributed by atoms with E-state index >= 15 is 4.79 Å². The summed E-state index contributed by atoms with van der Waals surface area (Å²) in [5.41, 5.74) is 4.64. The lowest BCUT2D eigenvalue weighted by Crippen LogP contribution is -2.54. The Morgan fingerprint density at radius 1 is 0.738 bits per heavy atom. The van der Waals surface area contributed by atoms with E-state index in [0.29, 0.717) is 56.4 Å². The van der Waals surface area contributed by atoms with Crippen LogP contribution in [0.1, 0.15) is 91.2 Å². The van der Waals surface area contributed by atoms with Crippen molar-refractivity contribution >= 4 is 28.8 Å². The summed E-state index contributed by atoms with van der Waals surface area (Å²) in [7, 11) is 3.10. The van der Waals surface area contributed by atoms with Crippen molar-refractivity contribution in [2.24, 2.45) is 17.3 Å². The van der Waals surface area contributed by atoms with Gasteiger partial charge in [0.2, 0.25) is 0 Å². The van der Waals surface area contributed by atoms with Gasteiger partial charge in [-0.25, -0.2) is 0 Å². The van der Waals surface area contributed by atoms with Crippen LogP contribution < -0.4 is 9.47 Å². The zero-order chi connectivity index (χ0) is 42.5. The van der Waals surface area contributed by atoms with Crippen molar-refractivity contribution in [3.8, 4) is 28.7 Å². The molecule has 61 heavy (non-hydrogen) atoms. The highest BCUT2D eigenvalue weighted by Gasteiger charge is 2.56. The number of allylic oxidation sites excluding steroid dienone is 1. The molecular weight excluding hydrogens is 769 g/mol. The van der Waals surface area contributed by atoms with Gasteiger partial charge in [0, 0.05) is 24.7 Å². The molecular formula is C52H54O9. The second kappa shape index (κ2) is 16.1. The van der Waals surface area contributed by atoms with Gasteiger partial charge in [0.05, 0.1) is 19.6 Å². The number of phenols is 3. The summed E-state index contributed by atoms with van der Waals surface area (Å²) in [6, 6.07) is 29.0. The topological polar surface area (TPSA) is 132 Å². The summed E-state index contributed by atoms with van der Waals surface area (Å²) in [6.07, 6.45) is 9.73. The molecule has 4 aliphatic carbocycles. The quantitative estimate of drug-likeness (QED) is 0.131. The molecule has 0 unspecified atom stereocenters. The lowest BCUT2D eigenvalue weighted by Gasteiger charge is -2.56. The molecule has 316 valence electrons. The van der Waals surface area contributed by atoms with Crippen molar-refractivity contribution in [3.05, 3.63) is 130 Å². The van der Waals surface area contributed by atoms with Gasteiger partial charge in [0.15, 0.2) is 23.0 Å². The number of phenolic OH excluding ortho intramolecular Hbond substituents is 3. The molecule has 4 aliphatic rings. The molecule has 0 amide bonds. The van der Waals surface area contributed by atoms with E-state index in [0.717, 1.165) is 63.4 Å². The Morgan fingerprint density at radius 3 is 2.18 bits per heavy atom. The molecule has 0 bridgehead atoms. The minimum absolute atomic E-state index is 0.0338. The number of hydrogen-bond acceptors (Lipinski definition) is 9. The second-order valence-corrected chi connectivity index (χ2v) is 17.8. The highest BCUT2D eigenvalue weighted by molar-refractivity contribution is 5.89.